The molecule has 2 aromatic carbocycles. The van der Waals surface area contributed by atoms with Gasteiger partial charge in [0.05, 0.1) is 0 Å². The molecule has 122 valence electrons. The van der Waals surface area contributed by atoms with Crippen LogP contribution in [0.25, 0.3) is 17.0 Å². The van der Waals surface area contributed by atoms with E-state index in [0.29, 0.717) is 16.8 Å². The number of nitrogens with zero attached hydrogens (tertiary/aromatic N) is 1. The maximum atomic E-state index is 12.7. The zero-order valence-electron chi connectivity index (χ0n) is 13.5. The second-order valence-electron chi connectivity index (χ2n) is 5.55. The Kier molecular flexibility index (Phi) is 4.44. The first-order valence-corrected chi connectivity index (χ1v) is 7.69. The van der Waals surface area contributed by atoms with Crippen molar-refractivity contribution < 1.29 is 9.59 Å². The summed E-state index contributed by atoms with van der Waals surface area (Å²) >= 11 is 0. The Morgan fingerprint density at radius 2 is 1.84 bits per heavy atom. The molecule has 5 nitrogen and oxygen atoms in total. The summed E-state index contributed by atoms with van der Waals surface area (Å²) < 4.78 is 0. The molecule has 0 atom stereocenters. The largest absolute Gasteiger partial charge is 0.360 e. The summed E-state index contributed by atoms with van der Waals surface area (Å²) in [5.74, 6) is -0.485. The first-order valence-electron chi connectivity index (χ1n) is 7.69. The molecular formula is C20H15N3O2. The monoisotopic (exact) mass is 329 g/mol. The quantitative estimate of drug-likeness (QED) is 0.432. The number of fused-ring (bicyclic) bond motifs is 1. The highest BCUT2D eigenvalue weighted by atomic mass is 16.1. The predicted molar refractivity (Wildman–Crippen MR) is 97.0 cm³/mol. The van der Waals surface area contributed by atoms with E-state index in [1.165, 1.54) is 6.92 Å². The molecule has 0 saturated heterocycles. The Labute approximate surface area is 144 Å². The number of rotatable bonds is 4. The predicted octanol–water partition coefficient (Wildman–Crippen LogP) is 3.92. The van der Waals surface area contributed by atoms with Gasteiger partial charge in [0.15, 0.2) is 0 Å². The van der Waals surface area contributed by atoms with Crippen molar-refractivity contribution in [3.05, 3.63) is 71.4 Å². The molecule has 0 bridgehead atoms. The van der Waals surface area contributed by atoms with E-state index in [2.05, 4.69) is 10.3 Å². The number of allylic oxidation sites excluding steroid dienone is 1. The normalized spacial score (nSPS) is 11.1. The van der Waals surface area contributed by atoms with E-state index in [-0.39, 0.29) is 17.3 Å². The second-order valence-corrected chi connectivity index (χ2v) is 5.55. The fraction of sp³-hybridized carbons (Fsp3) is 0.0500. The van der Waals surface area contributed by atoms with Crippen molar-refractivity contribution in [2.75, 3.05) is 5.32 Å². The number of hydrogen-bond donors (Lipinski definition) is 2. The molecule has 1 amide bonds. The third-order valence-electron chi connectivity index (χ3n) is 3.74. The molecule has 1 heterocycles. The number of amides is 1. The minimum absolute atomic E-state index is 0.0528. The fourth-order valence-corrected chi connectivity index (χ4v) is 2.59. The number of benzene rings is 2. The van der Waals surface area contributed by atoms with Gasteiger partial charge in [-0.25, -0.2) is 0 Å². The molecule has 0 spiro atoms. The minimum Gasteiger partial charge on any atom is -0.360 e. The van der Waals surface area contributed by atoms with E-state index in [1.54, 1.807) is 36.5 Å². The number of carbonyl (C=O) groups excluding carboxylic acids is 2. The van der Waals surface area contributed by atoms with Crippen molar-refractivity contribution in [3.63, 3.8) is 0 Å². The number of para-hydroxylation sites is 1. The van der Waals surface area contributed by atoms with Gasteiger partial charge >= 0.3 is 0 Å². The molecule has 0 radical (unpaired) electrons. The van der Waals surface area contributed by atoms with Gasteiger partial charge in [-0.2, -0.15) is 5.26 Å². The van der Waals surface area contributed by atoms with E-state index in [9.17, 15) is 14.9 Å². The summed E-state index contributed by atoms with van der Waals surface area (Å²) in [6.07, 6.45) is 3.17. The van der Waals surface area contributed by atoms with E-state index in [0.717, 1.165) is 10.9 Å². The highest BCUT2D eigenvalue weighted by Gasteiger charge is 2.16. The average Bonchev–Trinajstić information content (AvgIpc) is 3.04. The maximum Gasteiger partial charge on any atom is 0.221 e. The molecule has 1 aromatic heterocycles. The third kappa shape index (κ3) is 3.48. The van der Waals surface area contributed by atoms with Crippen LogP contribution in [0.3, 0.4) is 0 Å². The lowest BCUT2D eigenvalue weighted by atomic mass is 10.0. The number of Topliss-reactive ketones (excluding diaryl/α,β-unsaturated/α-hetero) is 1. The number of H-pyrrole nitrogens is 1. The summed E-state index contributed by atoms with van der Waals surface area (Å²) in [6, 6.07) is 16.4. The second kappa shape index (κ2) is 6.85. The molecular weight excluding hydrogens is 314 g/mol. The Balaban J connectivity index is 1.91. The highest BCUT2D eigenvalue weighted by Crippen LogP contribution is 2.22. The lowest BCUT2D eigenvalue weighted by molar-refractivity contribution is -0.114. The molecule has 3 rings (SSSR count). The van der Waals surface area contributed by atoms with Crippen LogP contribution in [0.1, 0.15) is 22.8 Å². The number of carbonyl (C=O) groups is 2. The zero-order chi connectivity index (χ0) is 17.8. The molecule has 2 N–H and O–H groups in total. The van der Waals surface area contributed by atoms with Gasteiger partial charge in [-0.15, -0.1) is 0 Å². The Morgan fingerprint density at radius 1 is 1.12 bits per heavy atom. The van der Waals surface area contributed by atoms with Gasteiger partial charge in [0, 0.05) is 35.3 Å². The van der Waals surface area contributed by atoms with Crippen LogP contribution >= 0.6 is 0 Å². The van der Waals surface area contributed by atoms with Crippen molar-refractivity contribution in [1.29, 1.82) is 5.26 Å². The molecule has 0 aliphatic carbocycles. The number of nitriles is 1. The molecule has 25 heavy (non-hydrogen) atoms. The van der Waals surface area contributed by atoms with Crippen LogP contribution in [0.15, 0.2) is 60.3 Å². The van der Waals surface area contributed by atoms with Gasteiger partial charge in [0.2, 0.25) is 11.7 Å². The van der Waals surface area contributed by atoms with E-state index < -0.39 is 0 Å². The van der Waals surface area contributed by atoms with Gasteiger partial charge in [-0.1, -0.05) is 30.3 Å². The van der Waals surface area contributed by atoms with E-state index >= 15 is 0 Å². The topological polar surface area (TPSA) is 85.8 Å². The standard InChI is InChI=1S/C20H15N3O2/c1-13(24)23-16-8-6-14(7-9-16)10-15(11-21)20(25)18-12-22-19-5-3-2-4-17(18)19/h2-10,12,22H,1H3,(H,23,24)/b15-10+. The van der Waals surface area contributed by atoms with Gasteiger partial charge in [0.25, 0.3) is 0 Å². The third-order valence-corrected chi connectivity index (χ3v) is 3.74. The minimum atomic E-state index is -0.328. The van der Waals surface area contributed by atoms with Gasteiger partial charge in [-0.3, -0.25) is 9.59 Å². The van der Waals surface area contributed by atoms with Crippen LogP contribution in [-0.2, 0) is 4.79 Å². The number of hydrogen-bond acceptors (Lipinski definition) is 3. The lowest BCUT2D eigenvalue weighted by Gasteiger charge is -2.02. The fourth-order valence-electron chi connectivity index (χ4n) is 2.59. The summed E-state index contributed by atoms with van der Waals surface area (Å²) in [7, 11) is 0. The molecule has 3 aromatic rings. The summed E-state index contributed by atoms with van der Waals surface area (Å²) in [4.78, 5) is 26.8. The number of ketones is 1. The highest BCUT2D eigenvalue weighted by molar-refractivity contribution is 6.19. The number of anilines is 1. The Hall–Kier alpha value is -3.65. The Morgan fingerprint density at radius 3 is 2.52 bits per heavy atom. The first kappa shape index (κ1) is 16.2. The van der Waals surface area contributed by atoms with E-state index in [4.69, 9.17) is 0 Å². The SMILES string of the molecule is CC(=O)Nc1ccc(/C=C(\C#N)C(=O)c2c[nH]c3ccccc23)cc1. The number of aromatic amines is 1. The molecule has 0 saturated carbocycles. The Bertz CT molecular complexity index is 1020. The van der Waals surface area contributed by atoms with Crippen molar-refractivity contribution in [2.24, 2.45) is 0 Å². The molecule has 5 heteroatoms. The van der Waals surface area contributed by atoms with Gasteiger partial charge < -0.3 is 10.3 Å². The van der Waals surface area contributed by atoms with Crippen LogP contribution < -0.4 is 5.32 Å². The zero-order valence-corrected chi connectivity index (χ0v) is 13.5. The van der Waals surface area contributed by atoms with E-state index in [1.807, 2.05) is 30.3 Å². The number of nitrogens with one attached hydrogen (secondary N) is 2. The average molecular weight is 329 g/mol. The van der Waals surface area contributed by atoms with Gasteiger partial charge in [-0.05, 0) is 29.8 Å². The smallest absolute Gasteiger partial charge is 0.221 e. The van der Waals surface area contributed by atoms with Crippen molar-refractivity contribution in [2.45, 2.75) is 6.92 Å². The summed E-state index contributed by atoms with van der Waals surface area (Å²) in [5.41, 5.74) is 2.74. The summed E-state index contributed by atoms with van der Waals surface area (Å²) in [5, 5.41) is 12.9. The first-order chi connectivity index (χ1) is 12.1. The molecule has 0 fully saturated rings. The summed E-state index contributed by atoms with van der Waals surface area (Å²) in [6.45, 7) is 1.43. The molecule has 0 aliphatic rings. The van der Waals surface area contributed by atoms with Crippen LogP contribution in [-0.4, -0.2) is 16.7 Å². The van der Waals surface area contributed by atoms with Crippen LogP contribution in [0.2, 0.25) is 0 Å². The molecule has 0 unspecified atom stereocenters. The van der Waals surface area contributed by atoms with Crippen molar-refractivity contribution in [1.82, 2.24) is 4.98 Å². The van der Waals surface area contributed by atoms with Gasteiger partial charge in [0.1, 0.15) is 11.6 Å². The van der Waals surface area contributed by atoms with Crippen molar-refractivity contribution >= 4 is 34.4 Å². The van der Waals surface area contributed by atoms with Crippen LogP contribution in [0.4, 0.5) is 5.69 Å². The van der Waals surface area contributed by atoms with Crippen LogP contribution in [0, 0.1) is 11.3 Å². The number of aromatic nitrogens is 1. The molecule has 0 aliphatic heterocycles. The van der Waals surface area contributed by atoms with Crippen LogP contribution in [0.5, 0.6) is 0 Å². The lowest BCUT2D eigenvalue weighted by Crippen LogP contribution is -2.05. The van der Waals surface area contributed by atoms with Crippen molar-refractivity contribution in [3.8, 4) is 6.07 Å². The maximum absolute atomic E-state index is 12.7.